The smallest absolute Gasteiger partial charge is 0.410 e. The standard InChI is InChI=1S/C27H33FIN3O4S/c1-27(2,3)20-8-6-7-17(10-20)13-32-23-15-37(34,35)14-19(25(23)36-26(32)33)9-18-11-21(28)24(22(29)12-18)30-16-31(4)5/h6-8,10-12,16,19,23,25H,9,13-15H2,1-5H3/t19-,23+,25+/m1/s1. The molecule has 2 aliphatic rings. The number of hydrogen-bond donors (Lipinski definition) is 0. The summed E-state index contributed by atoms with van der Waals surface area (Å²) >= 11 is 2.03. The van der Waals surface area contributed by atoms with Crippen molar-refractivity contribution in [3.05, 3.63) is 62.5 Å². The molecule has 0 unspecified atom stereocenters. The van der Waals surface area contributed by atoms with Crippen LogP contribution in [0, 0.1) is 15.3 Å². The summed E-state index contributed by atoms with van der Waals surface area (Å²) in [6.45, 7) is 6.64. The topological polar surface area (TPSA) is 79.3 Å². The summed E-state index contributed by atoms with van der Waals surface area (Å²) in [5, 5.41) is 0. The Kier molecular flexibility index (Phi) is 7.90. The van der Waals surface area contributed by atoms with Gasteiger partial charge in [-0.15, -0.1) is 0 Å². The fourth-order valence-electron chi connectivity index (χ4n) is 4.94. The van der Waals surface area contributed by atoms with Crippen LogP contribution in [0.2, 0.25) is 0 Å². The van der Waals surface area contributed by atoms with E-state index in [2.05, 4.69) is 31.8 Å². The lowest BCUT2D eigenvalue weighted by atomic mass is 9.86. The van der Waals surface area contributed by atoms with E-state index in [-0.39, 0.29) is 35.6 Å². The Morgan fingerprint density at radius 3 is 2.57 bits per heavy atom. The van der Waals surface area contributed by atoms with Crippen LogP contribution in [-0.4, -0.2) is 68.4 Å². The molecular formula is C27H33FIN3O4S. The van der Waals surface area contributed by atoms with Crippen molar-refractivity contribution in [3.63, 3.8) is 0 Å². The highest BCUT2D eigenvalue weighted by atomic mass is 127. The minimum absolute atomic E-state index is 0.0521. The lowest BCUT2D eigenvalue weighted by Crippen LogP contribution is -2.51. The van der Waals surface area contributed by atoms with E-state index in [1.165, 1.54) is 12.4 Å². The van der Waals surface area contributed by atoms with Gasteiger partial charge in [0.25, 0.3) is 0 Å². The van der Waals surface area contributed by atoms with E-state index in [9.17, 15) is 17.6 Å². The molecule has 0 aromatic heterocycles. The Labute approximate surface area is 232 Å². The maximum atomic E-state index is 14.9. The highest BCUT2D eigenvalue weighted by Gasteiger charge is 2.51. The Morgan fingerprint density at radius 1 is 1.19 bits per heavy atom. The highest BCUT2D eigenvalue weighted by molar-refractivity contribution is 14.1. The molecule has 7 nitrogen and oxygen atoms in total. The van der Waals surface area contributed by atoms with Gasteiger partial charge in [-0.3, -0.25) is 4.90 Å². The number of halogens is 2. The first kappa shape index (κ1) is 27.8. The number of ether oxygens (including phenoxy) is 1. The molecule has 2 aromatic carbocycles. The molecule has 1 amide bonds. The van der Waals surface area contributed by atoms with Gasteiger partial charge in [0, 0.05) is 30.1 Å². The van der Waals surface area contributed by atoms with Crippen LogP contribution in [0.1, 0.15) is 37.5 Å². The van der Waals surface area contributed by atoms with Crippen molar-refractivity contribution in [3.8, 4) is 0 Å². The number of carbonyl (C=O) groups is 1. The Balaban J connectivity index is 1.58. The Bertz CT molecular complexity index is 1300. The zero-order valence-corrected chi connectivity index (χ0v) is 24.7. The van der Waals surface area contributed by atoms with E-state index in [0.29, 0.717) is 9.13 Å². The van der Waals surface area contributed by atoms with Crippen LogP contribution in [0.25, 0.3) is 0 Å². The van der Waals surface area contributed by atoms with Gasteiger partial charge in [-0.05, 0) is 63.2 Å². The molecule has 2 fully saturated rings. The molecule has 0 bridgehead atoms. The van der Waals surface area contributed by atoms with E-state index in [1.54, 1.807) is 23.9 Å². The molecule has 2 aliphatic heterocycles. The van der Waals surface area contributed by atoms with Gasteiger partial charge in [-0.1, -0.05) is 45.0 Å². The first-order valence-corrected chi connectivity index (χ1v) is 15.1. The summed E-state index contributed by atoms with van der Waals surface area (Å²) in [4.78, 5) is 20.4. The number of nitrogens with zero attached hydrogens (tertiary/aromatic N) is 3. The fourth-order valence-corrected chi connectivity index (χ4v) is 7.73. The van der Waals surface area contributed by atoms with Gasteiger partial charge in [-0.25, -0.2) is 22.6 Å². The molecule has 2 heterocycles. The number of fused-ring (bicyclic) bond motifs is 1. The maximum Gasteiger partial charge on any atom is 0.410 e. The van der Waals surface area contributed by atoms with Gasteiger partial charge in [-0.2, -0.15) is 0 Å². The minimum Gasteiger partial charge on any atom is -0.444 e. The lowest BCUT2D eigenvalue weighted by molar-refractivity contribution is 0.0970. The average Bonchev–Trinajstić information content (AvgIpc) is 3.07. The van der Waals surface area contributed by atoms with Crippen LogP contribution in [0.3, 0.4) is 0 Å². The summed E-state index contributed by atoms with van der Waals surface area (Å²) < 4.78 is 47.1. The SMILES string of the molecule is CN(C)C=Nc1c(F)cc(C[C@@H]2CS(=O)(=O)C[C@H]3[C@H]2OC(=O)N3Cc2cccc(C(C)(C)C)c2)cc1I. The summed E-state index contributed by atoms with van der Waals surface area (Å²) in [5.41, 5.74) is 2.90. The van der Waals surface area contributed by atoms with E-state index < -0.39 is 39.8 Å². The van der Waals surface area contributed by atoms with Crippen molar-refractivity contribution in [1.29, 1.82) is 0 Å². The molecular weight excluding hydrogens is 608 g/mol. The molecule has 37 heavy (non-hydrogen) atoms. The average molecular weight is 642 g/mol. The van der Waals surface area contributed by atoms with Crippen molar-refractivity contribution < 1.29 is 22.3 Å². The normalized spacial score (nSPS) is 23.3. The summed E-state index contributed by atoms with van der Waals surface area (Å²) in [7, 11) is 0.172. The van der Waals surface area contributed by atoms with Crippen molar-refractivity contribution in [2.75, 3.05) is 25.6 Å². The van der Waals surface area contributed by atoms with Crippen LogP contribution < -0.4 is 0 Å². The molecule has 0 radical (unpaired) electrons. The van der Waals surface area contributed by atoms with Crippen LogP contribution in [0.5, 0.6) is 0 Å². The monoisotopic (exact) mass is 641 g/mol. The van der Waals surface area contributed by atoms with E-state index >= 15 is 0 Å². The highest BCUT2D eigenvalue weighted by Crippen LogP contribution is 2.36. The second-order valence-electron chi connectivity index (χ2n) is 11.2. The van der Waals surface area contributed by atoms with Gasteiger partial charge in [0.1, 0.15) is 17.6 Å². The Hall–Kier alpha value is -2.21. The fraction of sp³-hybridized carbons (Fsp3) is 0.481. The van der Waals surface area contributed by atoms with Crippen LogP contribution in [0.15, 0.2) is 41.4 Å². The molecule has 3 atom stereocenters. The number of hydrogen-bond acceptors (Lipinski definition) is 5. The largest absolute Gasteiger partial charge is 0.444 e. The van der Waals surface area contributed by atoms with Gasteiger partial charge in [0.05, 0.1) is 23.9 Å². The molecule has 4 rings (SSSR count). The molecule has 0 spiro atoms. The molecule has 0 saturated carbocycles. The number of rotatable bonds is 6. The summed E-state index contributed by atoms with van der Waals surface area (Å²) in [6, 6.07) is 10.6. The lowest BCUT2D eigenvalue weighted by Gasteiger charge is -2.34. The summed E-state index contributed by atoms with van der Waals surface area (Å²) in [6.07, 6.45) is 0.731. The van der Waals surface area contributed by atoms with E-state index in [4.69, 9.17) is 4.74 Å². The number of aliphatic imine (C=N–C) groups is 1. The third kappa shape index (κ3) is 6.45. The maximum absolute atomic E-state index is 14.9. The van der Waals surface area contributed by atoms with Crippen molar-refractivity contribution in [1.82, 2.24) is 9.80 Å². The third-order valence-electron chi connectivity index (χ3n) is 6.75. The van der Waals surface area contributed by atoms with Gasteiger partial charge < -0.3 is 9.64 Å². The molecule has 2 saturated heterocycles. The van der Waals surface area contributed by atoms with Crippen molar-refractivity contribution >= 4 is 50.5 Å². The summed E-state index contributed by atoms with van der Waals surface area (Å²) in [5.74, 6) is -1.18. The number of carbonyl (C=O) groups excluding carboxylic acids is 1. The zero-order chi connectivity index (χ0) is 27.1. The second-order valence-corrected chi connectivity index (χ2v) is 14.5. The molecule has 2 aromatic rings. The zero-order valence-electron chi connectivity index (χ0n) is 21.7. The molecule has 0 N–H and O–H groups in total. The number of amides is 1. The first-order chi connectivity index (χ1) is 17.2. The van der Waals surface area contributed by atoms with Crippen LogP contribution in [0.4, 0.5) is 14.9 Å². The van der Waals surface area contributed by atoms with E-state index in [1.807, 2.05) is 46.9 Å². The van der Waals surface area contributed by atoms with Gasteiger partial charge >= 0.3 is 6.09 Å². The Morgan fingerprint density at radius 2 is 1.92 bits per heavy atom. The van der Waals surface area contributed by atoms with Gasteiger partial charge in [0.15, 0.2) is 9.84 Å². The molecule has 10 heteroatoms. The predicted octanol–water partition coefficient (Wildman–Crippen LogP) is 4.93. The van der Waals surface area contributed by atoms with Crippen LogP contribution >= 0.6 is 22.6 Å². The second kappa shape index (κ2) is 10.5. The number of benzene rings is 2. The van der Waals surface area contributed by atoms with Gasteiger partial charge in [0.2, 0.25) is 0 Å². The van der Waals surface area contributed by atoms with E-state index in [0.717, 1.165) is 11.1 Å². The molecule has 200 valence electrons. The van der Waals surface area contributed by atoms with Crippen molar-refractivity contribution in [2.24, 2.45) is 10.9 Å². The quantitative estimate of drug-likeness (QED) is 0.254. The minimum atomic E-state index is -3.43. The first-order valence-electron chi connectivity index (χ1n) is 12.2. The predicted molar refractivity (Wildman–Crippen MR) is 152 cm³/mol. The van der Waals surface area contributed by atoms with Crippen LogP contribution in [-0.2, 0) is 33.0 Å². The van der Waals surface area contributed by atoms with Crippen molar-refractivity contribution in [2.45, 2.75) is 51.3 Å². The number of sulfone groups is 1. The molecule has 0 aliphatic carbocycles. The third-order valence-corrected chi connectivity index (χ3v) is 9.35.